The first-order valence-corrected chi connectivity index (χ1v) is 3.53. The highest BCUT2D eigenvalue weighted by atomic mass is 32.1. The van der Waals surface area contributed by atoms with Gasteiger partial charge in [-0.05, 0) is 24.4 Å². The van der Waals surface area contributed by atoms with Crippen LogP contribution in [0.25, 0.3) is 0 Å². The number of hydrogen-bond donors (Lipinski definition) is 2. The molecule has 4 nitrogen and oxygen atoms in total. The maximum absolute atomic E-state index is 9.34. The molecule has 1 aromatic heterocycles. The summed E-state index contributed by atoms with van der Waals surface area (Å²) in [7, 11) is 0. The minimum Gasteiger partial charge on any atom is -0.376 e. The van der Waals surface area contributed by atoms with Crippen molar-refractivity contribution in [2.75, 3.05) is 0 Å². The zero-order valence-electron chi connectivity index (χ0n) is 6.31. The monoisotopic (exact) mass is 183 g/mol. The van der Waals surface area contributed by atoms with Gasteiger partial charge in [-0.1, -0.05) is 6.07 Å². The number of carbonyl (C=O) groups excluding carboxylic acids is 1. The van der Waals surface area contributed by atoms with Gasteiger partial charge in [0.05, 0.1) is 0 Å². The Kier molecular flexibility index (Phi) is 6.67. The van der Waals surface area contributed by atoms with Gasteiger partial charge >= 0.3 is 0 Å². The molecule has 3 N–H and O–H groups in total. The Hall–Kier alpha value is -1.49. The Bertz CT molecular complexity index is 201. The van der Waals surface area contributed by atoms with Crippen molar-refractivity contribution in [2.45, 2.75) is 0 Å². The van der Waals surface area contributed by atoms with Gasteiger partial charge in [0, 0.05) is 12.4 Å². The van der Waals surface area contributed by atoms with E-state index in [0.717, 1.165) is 0 Å². The van der Waals surface area contributed by atoms with Crippen molar-refractivity contribution in [3.05, 3.63) is 30.6 Å². The summed E-state index contributed by atoms with van der Waals surface area (Å²) in [4.78, 5) is 13.1. The summed E-state index contributed by atoms with van der Waals surface area (Å²) in [6, 6.07) is 5.72. The van der Waals surface area contributed by atoms with Gasteiger partial charge in [0.15, 0.2) is 5.11 Å². The first-order valence-electron chi connectivity index (χ1n) is 3.12. The maximum atomic E-state index is 9.34. The molecule has 0 aliphatic heterocycles. The molecule has 0 fully saturated rings. The minimum atomic E-state index is 0.00463. The summed E-state index contributed by atoms with van der Waals surface area (Å²) in [5.41, 5.74) is 4.79. The van der Waals surface area contributed by atoms with Crippen LogP contribution in [-0.4, -0.2) is 16.5 Å². The SMILES string of the molecule is NC(=S)NC=O.c1ccncc1. The Morgan fingerprint density at radius 2 is 2.00 bits per heavy atom. The third-order valence-corrected chi connectivity index (χ3v) is 0.886. The van der Waals surface area contributed by atoms with Crippen LogP contribution in [0.5, 0.6) is 0 Å². The Morgan fingerprint density at radius 3 is 2.08 bits per heavy atom. The van der Waals surface area contributed by atoms with E-state index in [2.05, 4.69) is 17.2 Å². The molecule has 0 aromatic carbocycles. The van der Waals surface area contributed by atoms with Crippen molar-refractivity contribution in [2.24, 2.45) is 5.73 Å². The lowest BCUT2D eigenvalue weighted by Gasteiger charge is -1.84. The zero-order valence-corrected chi connectivity index (χ0v) is 7.12. The average molecular weight is 183 g/mol. The van der Waals surface area contributed by atoms with Gasteiger partial charge in [-0.3, -0.25) is 9.78 Å². The summed E-state index contributed by atoms with van der Waals surface area (Å²) in [5.74, 6) is 0. The number of pyridine rings is 1. The van der Waals surface area contributed by atoms with Crippen LogP contribution in [0.1, 0.15) is 0 Å². The van der Waals surface area contributed by atoms with E-state index in [0.29, 0.717) is 6.41 Å². The smallest absolute Gasteiger partial charge is 0.213 e. The molecule has 1 aromatic rings. The number of hydrogen-bond acceptors (Lipinski definition) is 3. The third kappa shape index (κ3) is 8.51. The van der Waals surface area contributed by atoms with Gasteiger partial charge in [-0.25, -0.2) is 0 Å². The number of amides is 1. The lowest BCUT2D eigenvalue weighted by Crippen LogP contribution is -2.27. The van der Waals surface area contributed by atoms with Crippen molar-refractivity contribution >= 4 is 23.7 Å². The second kappa shape index (κ2) is 7.62. The van der Waals surface area contributed by atoms with Crippen LogP contribution in [0, 0.1) is 0 Å². The first-order chi connectivity index (χ1) is 5.77. The molecular weight excluding hydrogens is 174 g/mol. The molecule has 0 saturated heterocycles. The van der Waals surface area contributed by atoms with Gasteiger partial charge in [0.1, 0.15) is 0 Å². The minimum absolute atomic E-state index is 0.00463. The van der Waals surface area contributed by atoms with Gasteiger partial charge in [0.25, 0.3) is 0 Å². The van der Waals surface area contributed by atoms with Gasteiger partial charge < -0.3 is 11.1 Å². The maximum Gasteiger partial charge on any atom is 0.213 e. The fourth-order valence-electron chi connectivity index (χ4n) is 0.371. The standard InChI is InChI=1S/C5H5N.C2H4N2OS/c1-2-4-6-5-3-1;3-2(6)4-1-5/h1-5H;1H,(H3,3,4,5,6). The lowest BCUT2D eigenvalue weighted by molar-refractivity contribution is -0.108. The molecular formula is C7H9N3OS. The van der Waals surface area contributed by atoms with Crippen LogP contribution in [0.3, 0.4) is 0 Å². The quantitative estimate of drug-likeness (QED) is 0.477. The number of thiocarbonyl (C=S) groups is 1. The third-order valence-electron chi connectivity index (χ3n) is 0.768. The van der Waals surface area contributed by atoms with Crippen LogP contribution in [0.2, 0.25) is 0 Å². The summed E-state index contributed by atoms with van der Waals surface area (Å²) in [6.07, 6.45) is 3.93. The highest BCUT2D eigenvalue weighted by Gasteiger charge is 1.73. The molecule has 0 unspecified atom stereocenters. The van der Waals surface area contributed by atoms with E-state index in [1.165, 1.54) is 0 Å². The average Bonchev–Trinajstić information content (AvgIpc) is 2.08. The van der Waals surface area contributed by atoms with Crippen LogP contribution >= 0.6 is 12.2 Å². The van der Waals surface area contributed by atoms with Crippen molar-refractivity contribution in [1.82, 2.24) is 10.3 Å². The second-order valence-corrected chi connectivity index (χ2v) is 2.09. The number of carbonyl (C=O) groups is 1. The van der Waals surface area contributed by atoms with E-state index in [-0.39, 0.29) is 5.11 Å². The van der Waals surface area contributed by atoms with Crippen LogP contribution < -0.4 is 11.1 Å². The summed E-state index contributed by atoms with van der Waals surface area (Å²) < 4.78 is 0. The highest BCUT2D eigenvalue weighted by Crippen LogP contribution is 1.73. The van der Waals surface area contributed by atoms with E-state index in [1.807, 2.05) is 23.5 Å². The number of rotatable bonds is 1. The number of nitrogens with two attached hydrogens (primary N) is 1. The summed E-state index contributed by atoms with van der Waals surface area (Å²) in [6.45, 7) is 0. The first kappa shape index (κ1) is 10.5. The predicted molar refractivity (Wildman–Crippen MR) is 50.2 cm³/mol. The van der Waals surface area contributed by atoms with Crippen molar-refractivity contribution in [1.29, 1.82) is 0 Å². The van der Waals surface area contributed by atoms with E-state index in [9.17, 15) is 4.79 Å². The van der Waals surface area contributed by atoms with Crippen molar-refractivity contribution < 1.29 is 4.79 Å². The summed E-state index contributed by atoms with van der Waals surface area (Å²) in [5, 5.41) is 2.04. The Morgan fingerprint density at radius 1 is 1.42 bits per heavy atom. The molecule has 12 heavy (non-hydrogen) atoms. The molecule has 1 heterocycles. The van der Waals surface area contributed by atoms with Gasteiger partial charge in [-0.2, -0.15) is 0 Å². The van der Waals surface area contributed by atoms with Crippen LogP contribution in [0.15, 0.2) is 30.6 Å². The lowest BCUT2D eigenvalue weighted by atomic mass is 10.5. The molecule has 0 atom stereocenters. The second-order valence-electron chi connectivity index (χ2n) is 1.65. The molecule has 1 rings (SSSR count). The predicted octanol–water partition coefficient (Wildman–Crippen LogP) is 0.0576. The molecule has 0 bridgehead atoms. The molecule has 0 radical (unpaired) electrons. The molecule has 0 aliphatic carbocycles. The fourth-order valence-corrected chi connectivity index (χ4v) is 0.419. The Labute approximate surface area is 75.8 Å². The van der Waals surface area contributed by atoms with E-state index >= 15 is 0 Å². The fraction of sp³-hybridized carbons (Fsp3) is 0. The number of aromatic nitrogens is 1. The van der Waals surface area contributed by atoms with E-state index in [4.69, 9.17) is 5.73 Å². The normalized spacial score (nSPS) is 7.33. The zero-order chi connectivity index (χ0) is 9.23. The topological polar surface area (TPSA) is 68.0 Å². The molecule has 0 aliphatic rings. The highest BCUT2D eigenvalue weighted by molar-refractivity contribution is 7.80. The molecule has 5 heteroatoms. The largest absolute Gasteiger partial charge is 0.376 e. The number of nitrogens with zero attached hydrogens (tertiary/aromatic N) is 1. The van der Waals surface area contributed by atoms with Crippen LogP contribution in [0.4, 0.5) is 0 Å². The molecule has 0 saturated carbocycles. The summed E-state index contributed by atoms with van der Waals surface area (Å²) >= 11 is 4.23. The molecule has 64 valence electrons. The van der Waals surface area contributed by atoms with Crippen molar-refractivity contribution in [3.63, 3.8) is 0 Å². The van der Waals surface area contributed by atoms with Crippen molar-refractivity contribution in [3.8, 4) is 0 Å². The number of nitrogens with one attached hydrogen (secondary N) is 1. The van der Waals surface area contributed by atoms with E-state index in [1.54, 1.807) is 12.4 Å². The van der Waals surface area contributed by atoms with E-state index < -0.39 is 0 Å². The molecule has 1 amide bonds. The van der Waals surface area contributed by atoms with Gasteiger partial charge in [-0.15, -0.1) is 0 Å². The molecule has 0 spiro atoms. The van der Waals surface area contributed by atoms with Gasteiger partial charge in [0.2, 0.25) is 6.41 Å². The Balaban J connectivity index is 0.000000202. The van der Waals surface area contributed by atoms with Crippen LogP contribution in [-0.2, 0) is 4.79 Å².